The number of benzene rings is 1. The van der Waals surface area contributed by atoms with E-state index in [0.29, 0.717) is 17.2 Å². The summed E-state index contributed by atoms with van der Waals surface area (Å²) in [6.45, 7) is 3.82. The molecule has 0 saturated carbocycles. The van der Waals surface area contributed by atoms with Crippen molar-refractivity contribution in [1.82, 2.24) is 0 Å². The van der Waals surface area contributed by atoms with Gasteiger partial charge in [0.2, 0.25) is 5.91 Å². The minimum atomic E-state index is -0.570. The van der Waals surface area contributed by atoms with Crippen LogP contribution in [0.5, 0.6) is 11.5 Å². The molecule has 0 aromatic heterocycles. The molecule has 6 nitrogen and oxygen atoms in total. The summed E-state index contributed by atoms with van der Waals surface area (Å²) in [7, 11) is 1.52. The van der Waals surface area contributed by atoms with Crippen molar-refractivity contribution < 1.29 is 19.4 Å². The zero-order valence-corrected chi connectivity index (χ0v) is 12.1. The second kappa shape index (κ2) is 7.72. The van der Waals surface area contributed by atoms with E-state index in [4.69, 9.17) is 20.3 Å². The number of carbonyl (C=O) groups is 1. The maximum absolute atomic E-state index is 11.9. The number of hydrogen-bond donors (Lipinski definition) is 3. The largest absolute Gasteiger partial charge is 0.493 e. The Labute approximate surface area is 118 Å². The summed E-state index contributed by atoms with van der Waals surface area (Å²) in [4.78, 5) is 11.9. The topological polar surface area (TPSA) is 93.8 Å². The van der Waals surface area contributed by atoms with Crippen LogP contribution in [-0.4, -0.2) is 37.4 Å². The van der Waals surface area contributed by atoms with Crippen molar-refractivity contribution >= 4 is 11.6 Å². The maximum atomic E-state index is 11.9. The standard InChI is InChI=1S/C14H22N2O4/c1-9(2)13(15)14(18)16-10-4-5-11(19-3)12(8-10)20-7-6-17/h4-5,8-9,13,17H,6-7,15H2,1-3H3,(H,16,18)/t13-/m1/s1. The molecule has 1 rings (SSSR count). The third kappa shape index (κ3) is 4.40. The van der Waals surface area contributed by atoms with Crippen LogP contribution in [0.1, 0.15) is 13.8 Å². The molecule has 0 spiro atoms. The molecular formula is C14H22N2O4. The van der Waals surface area contributed by atoms with Gasteiger partial charge in [0, 0.05) is 11.8 Å². The van der Waals surface area contributed by atoms with Gasteiger partial charge in [-0.3, -0.25) is 4.79 Å². The minimum Gasteiger partial charge on any atom is -0.493 e. The number of rotatable bonds is 7. The van der Waals surface area contributed by atoms with Crippen LogP contribution in [0.4, 0.5) is 5.69 Å². The number of anilines is 1. The molecule has 6 heteroatoms. The summed E-state index contributed by atoms with van der Waals surface area (Å²) >= 11 is 0. The smallest absolute Gasteiger partial charge is 0.241 e. The molecule has 1 atom stereocenters. The monoisotopic (exact) mass is 282 g/mol. The van der Waals surface area contributed by atoms with Crippen molar-refractivity contribution in [1.29, 1.82) is 0 Å². The van der Waals surface area contributed by atoms with E-state index in [1.807, 2.05) is 13.8 Å². The second-order valence-corrected chi connectivity index (χ2v) is 4.70. The number of ether oxygens (including phenoxy) is 2. The number of nitrogens with one attached hydrogen (secondary N) is 1. The molecule has 0 bridgehead atoms. The lowest BCUT2D eigenvalue weighted by Crippen LogP contribution is -2.39. The van der Waals surface area contributed by atoms with Crippen LogP contribution in [0, 0.1) is 5.92 Å². The first kappa shape index (κ1) is 16.3. The van der Waals surface area contributed by atoms with E-state index in [9.17, 15) is 4.79 Å². The van der Waals surface area contributed by atoms with Crippen LogP contribution in [0.15, 0.2) is 18.2 Å². The third-order valence-electron chi connectivity index (χ3n) is 2.80. The van der Waals surface area contributed by atoms with Gasteiger partial charge < -0.3 is 25.6 Å². The number of aliphatic hydroxyl groups excluding tert-OH is 1. The van der Waals surface area contributed by atoms with Gasteiger partial charge >= 0.3 is 0 Å². The zero-order valence-electron chi connectivity index (χ0n) is 12.1. The fourth-order valence-corrected chi connectivity index (χ4v) is 1.55. The van der Waals surface area contributed by atoms with Crippen molar-refractivity contribution in [3.05, 3.63) is 18.2 Å². The molecule has 112 valence electrons. The van der Waals surface area contributed by atoms with E-state index in [1.165, 1.54) is 7.11 Å². The molecule has 0 saturated heterocycles. The van der Waals surface area contributed by atoms with E-state index < -0.39 is 6.04 Å². The molecule has 1 amide bonds. The van der Waals surface area contributed by atoms with Crippen LogP contribution < -0.4 is 20.5 Å². The molecule has 4 N–H and O–H groups in total. The van der Waals surface area contributed by atoms with Gasteiger partial charge in [-0.25, -0.2) is 0 Å². The Morgan fingerprint density at radius 2 is 2.10 bits per heavy atom. The Morgan fingerprint density at radius 3 is 2.65 bits per heavy atom. The minimum absolute atomic E-state index is 0.0540. The maximum Gasteiger partial charge on any atom is 0.241 e. The lowest BCUT2D eigenvalue weighted by molar-refractivity contribution is -0.118. The average Bonchev–Trinajstić information content (AvgIpc) is 2.44. The van der Waals surface area contributed by atoms with Gasteiger partial charge in [-0.1, -0.05) is 13.8 Å². The Balaban J connectivity index is 2.83. The molecule has 0 aliphatic carbocycles. The van der Waals surface area contributed by atoms with Crippen molar-refractivity contribution in [2.45, 2.75) is 19.9 Å². The molecule has 0 unspecified atom stereocenters. The summed E-state index contributed by atoms with van der Waals surface area (Å²) in [5, 5.41) is 11.5. The first-order valence-corrected chi connectivity index (χ1v) is 6.47. The highest BCUT2D eigenvalue weighted by atomic mass is 16.5. The summed E-state index contributed by atoms with van der Waals surface area (Å²) < 4.78 is 10.5. The van der Waals surface area contributed by atoms with Gasteiger partial charge in [0.1, 0.15) is 6.61 Å². The number of nitrogens with two attached hydrogens (primary N) is 1. The van der Waals surface area contributed by atoms with Crippen LogP contribution in [0.3, 0.4) is 0 Å². The normalized spacial score (nSPS) is 12.1. The van der Waals surface area contributed by atoms with E-state index in [0.717, 1.165) is 0 Å². The van der Waals surface area contributed by atoms with E-state index >= 15 is 0 Å². The fourth-order valence-electron chi connectivity index (χ4n) is 1.55. The SMILES string of the molecule is COc1ccc(NC(=O)[C@H](N)C(C)C)cc1OCCO. The van der Waals surface area contributed by atoms with Gasteiger partial charge in [0.15, 0.2) is 11.5 Å². The molecule has 0 aliphatic rings. The number of amides is 1. The first-order valence-electron chi connectivity index (χ1n) is 6.47. The second-order valence-electron chi connectivity index (χ2n) is 4.70. The summed E-state index contributed by atoms with van der Waals surface area (Å²) in [6.07, 6.45) is 0. The van der Waals surface area contributed by atoms with Crippen molar-refractivity contribution in [2.75, 3.05) is 25.6 Å². The molecular weight excluding hydrogens is 260 g/mol. The highest BCUT2D eigenvalue weighted by molar-refractivity contribution is 5.95. The average molecular weight is 282 g/mol. The Bertz CT molecular complexity index is 449. The van der Waals surface area contributed by atoms with Crippen LogP contribution in [0.2, 0.25) is 0 Å². The number of carbonyl (C=O) groups excluding carboxylic acids is 1. The summed E-state index contributed by atoms with van der Waals surface area (Å²) in [5.74, 6) is 0.790. The molecule has 20 heavy (non-hydrogen) atoms. The van der Waals surface area contributed by atoms with Crippen molar-refractivity contribution in [3.8, 4) is 11.5 Å². The summed E-state index contributed by atoms with van der Waals surface area (Å²) in [6, 6.07) is 4.46. The fraction of sp³-hybridized carbons (Fsp3) is 0.500. The van der Waals surface area contributed by atoms with Gasteiger partial charge in [-0.15, -0.1) is 0 Å². The zero-order chi connectivity index (χ0) is 15.1. The lowest BCUT2D eigenvalue weighted by atomic mass is 10.0. The molecule has 0 radical (unpaired) electrons. The number of methoxy groups -OCH3 is 1. The molecule has 0 fully saturated rings. The van der Waals surface area contributed by atoms with Gasteiger partial charge in [-0.05, 0) is 18.1 Å². The van der Waals surface area contributed by atoms with Crippen molar-refractivity contribution in [3.63, 3.8) is 0 Å². The predicted molar refractivity (Wildman–Crippen MR) is 77.0 cm³/mol. The molecule has 0 heterocycles. The quantitative estimate of drug-likeness (QED) is 0.693. The van der Waals surface area contributed by atoms with Gasteiger partial charge in [0.05, 0.1) is 19.8 Å². The Morgan fingerprint density at radius 1 is 1.40 bits per heavy atom. The Hall–Kier alpha value is -1.79. The van der Waals surface area contributed by atoms with Crippen LogP contribution >= 0.6 is 0 Å². The van der Waals surface area contributed by atoms with E-state index in [-0.39, 0.29) is 25.0 Å². The molecule has 0 aliphatic heterocycles. The van der Waals surface area contributed by atoms with E-state index in [1.54, 1.807) is 18.2 Å². The van der Waals surface area contributed by atoms with E-state index in [2.05, 4.69) is 5.32 Å². The van der Waals surface area contributed by atoms with Gasteiger partial charge in [-0.2, -0.15) is 0 Å². The molecule has 1 aromatic rings. The van der Waals surface area contributed by atoms with Crippen molar-refractivity contribution in [2.24, 2.45) is 11.7 Å². The Kier molecular flexibility index (Phi) is 6.27. The first-order chi connectivity index (χ1) is 9.49. The van der Waals surface area contributed by atoms with Crippen LogP contribution in [0.25, 0.3) is 0 Å². The van der Waals surface area contributed by atoms with Crippen LogP contribution in [-0.2, 0) is 4.79 Å². The number of aliphatic hydroxyl groups is 1. The predicted octanol–water partition coefficient (Wildman–Crippen LogP) is 0.988. The summed E-state index contributed by atoms with van der Waals surface area (Å²) in [5.41, 5.74) is 6.35. The van der Waals surface area contributed by atoms with Gasteiger partial charge in [0.25, 0.3) is 0 Å². The third-order valence-corrected chi connectivity index (χ3v) is 2.80. The lowest BCUT2D eigenvalue weighted by Gasteiger charge is -2.16. The highest BCUT2D eigenvalue weighted by Crippen LogP contribution is 2.30. The molecule has 1 aromatic carbocycles. The number of hydrogen-bond acceptors (Lipinski definition) is 5. The highest BCUT2D eigenvalue weighted by Gasteiger charge is 2.17.